The Morgan fingerprint density at radius 1 is 1.31 bits per heavy atom. The van der Waals surface area contributed by atoms with E-state index in [1.807, 2.05) is 11.8 Å². The van der Waals surface area contributed by atoms with Crippen molar-refractivity contribution in [2.75, 3.05) is 5.75 Å². The molecule has 0 saturated carbocycles. The zero-order valence-corrected chi connectivity index (χ0v) is 11.5. The van der Waals surface area contributed by atoms with Gasteiger partial charge in [0.25, 0.3) is 0 Å². The molecule has 0 saturated heterocycles. The molecule has 0 aliphatic carbocycles. The minimum absolute atomic E-state index is 1.13. The number of unbranched alkanes of at least 4 members (excludes halogenated alkanes) is 1. The third-order valence-corrected chi connectivity index (χ3v) is 4.86. The third-order valence-electron chi connectivity index (χ3n) is 2.67. The molecule has 0 aromatic carbocycles. The van der Waals surface area contributed by atoms with Gasteiger partial charge in [-0.15, -0.1) is 23.1 Å². The summed E-state index contributed by atoms with van der Waals surface area (Å²) in [6, 6.07) is 0. The fourth-order valence-electron chi connectivity index (χ4n) is 1.57. The Hall–Kier alpha value is -0.610. The summed E-state index contributed by atoms with van der Waals surface area (Å²) in [6.07, 6.45) is 4.17. The SMILES string of the molecule is CCCCSc1ncnc2sc(C)c(C)c12. The first kappa shape index (κ1) is 11.9. The Bertz CT molecular complexity index is 491. The van der Waals surface area contributed by atoms with Crippen LogP contribution in [0.5, 0.6) is 0 Å². The van der Waals surface area contributed by atoms with Gasteiger partial charge in [0.1, 0.15) is 16.2 Å². The van der Waals surface area contributed by atoms with Crippen LogP contribution >= 0.6 is 23.1 Å². The van der Waals surface area contributed by atoms with Gasteiger partial charge in [-0.25, -0.2) is 9.97 Å². The zero-order chi connectivity index (χ0) is 11.5. The quantitative estimate of drug-likeness (QED) is 0.463. The van der Waals surface area contributed by atoms with Gasteiger partial charge < -0.3 is 0 Å². The summed E-state index contributed by atoms with van der Waals surface area (Å²) in [5.41, 5.74) is 1.35. The Morgan fingerprint density at radius 2 is 2.12 bits per heavy atom. The van der Waals surface area contributed by atoms with E-state index in [9.17, 15) is 0 Å². The van der Waals surface area contributed by atoms with Crippen molar-refractivity contribution < 1.29 is 0 Å². The second-order valence-corrected chi connectivity index (χ2v) is 6.13. The maximum absolute atomic E-state index is 4.41. The molecule has 2 nitrogen and oxygen atoms in total. The molecule has 0 bridgehead atoms. The number of thioether (sulfide) groups is 1. The lowest BCUT2D eigenvalue weighted by molar-refractivity contribution is 0.895. The summed E-state index contributed by atoms with van der Waals surface area (Å²) in [6.45, 7) is 6.54. The van der Waals surface area contributed by atoms with Crippen LogP contribution in [0.2, 0.25) is 0 Å². The number of aryl methyl sites for hydroxylation is 2. The highest BCUT2D eigenvalue weighted by atomic mass is 32.2. The molecule has 86 valence electrons. The number of hydrogen-bond acceptors (Lipinski definition) is 4. The molecule has 0 aliphatic rings. The van der Waals surface area contributed by atoms with Crippen molar-refractivity contribution >= 4 is 33.3 Å². The van der Waals surface area contributed by atoms with Crippen molar-refractivity contribution in [3.05, 3.63) is 16.8 Å². The van der Waals surface area contributed by atoms with E-state index in [1.54, 1.807) is 17.7 Å². The molecule has 0 unspecified atom stereocenters. The lowest BCUT2D eigenvalue weighted by Gasteiger charge is -2.02. The van der Waals surface area contributed by atoms with Crippen LogP contribution in [0, 0.1) is 13.8 Å². The fraction of sp³-hybridized carbons (Fsp3) is 0.500. The van der Waals surface area contributed by atoms with Gasteiger partial charge in [-0.3, -0.25) is 0 Å². The summed E-state index contributed by atoms with van der Waals surface area (Å²) in [5, 5.41) is 2.42. The van der Waals surface area contributed by atoms with Crippen LogP contribution in [0.1, 0.15) is 30.2 Å². The second kappa shape index (κ2) is 5.15. The van der Waals surface area contributed by atoms with Crippen LogP contribution in [-0.2, 0) is 0 Å². The minimum Gasteiger partial charge on any atom is -0.229 e. The standard InChI is InChI=1S/C12H16N2S2/c1-4-5-6-15-11-10-8(2)9(3)16-12(10)14-7-13-11/h7H,4-6H2,1-3H3. The minimum atomic E-state index is 1.13. The highest BCUT2D eigenvalue weighted by Gasteiger charge is 2.11. The Morgan fingerprint density at radius 3 is 2.88 bits per heavy atom. The van der Waals surface area contributed by atoms with Crippen molar-refractivity contribution in [3.8, 4) is 0 Å². The highest BCUT2D eigenvalue weighted by Crippen LogP contribution is 2.34. The van der Waals surface area contributed by atoms with Crippen molar-refractivity contribution in [1.29, 1.82) is 0 Å². The second-order valence-electron chi connectivity index (χ2n) is 3.84. The van der Waals surface area contributed by atoms with Crippen molar-refractivity contribution in [1.82, 2.24) is 9.97 Å². The molecule has 2 rings (SSSR count). The summed E-state index contributed by atoms with van der Waals surface area (Å²) >= 11 is 3.63. The van der Waals surface area contributed by atoms with Crippen LogP contribution in [0.15, 0.2) is 11.4 Å². The average molecular weight is 252 g/mol. The number of fused-ring (bicyclic) bond motifs is 1. The van der Waals surface area contributed by atoms with Crippen LogP contribution in [0.3, 0.4) is 0 Å². The largest absolute Gasteiger partial charge is 0.229 e. The van der Waals surface area contributed by atoms with Crippen molar-refractivity contribution in [3.63, 3.8) is 0 Å². The summed E-state index contributed by atoms with van der Waals surface area (Å²) in [5.74, 6) is 1.15. The van der Waals surface area contributed by atoms with E-state index < -0.39 is 0 Å². The number of aromatic nitrogens is 2. The van der Waals surface area contributed by atoms with Gasteiger partial charge in [-0.2, -0.15) is 0 Å². The summed E-state index contributed by atoms with van der Waals surface area (Å²) in [7, 11) is 0. The summed E-state index contributed by atoms with van der Waals surface area (Å²) in [4.78, 5) is 11.2. The summed E-state index contributed by atoms with van der Waals surface area (Å²) < 4.78 is 0. The van der Waals surface area contributed by atoms with Crippen molar-refractivity contribution in [2.24, 2.45) is 0 Å². The zero-order valence-electron chi connectivity index (χ0n) is 9.91. The van der Waals surface area contributed by atoms with E-state index in [1.165, 1.54) is 28.7 Å². The van der Waals surface area contributed by atoms with E-state index in [2.05, 4.69) is 30.7 Å². The molecule has 0 fully saturated rings. The molecule has 2 aromatic heterocycles. The topological polar surface area (TPSA) is 25.8 Å². The third kappa shape index (κ3) is 2.23. The number of rotatable bonds is 4. The van der Waals surface area contributed by atoms with Gasteiger partial charge in [0.05, 0.1) is 0 Å². The number of nitrogens with zero attached hydrogens (tertiary/aromatic N) is 2. The first-order chi connectivity index (χ1) is 7.74. The van der Waals surface area contributed by atoms with E-state index in [4.69, 9.17) is 0 Å². The molecule has 0 N–H and O–H groups in total. The normalized spacial score (nSPS) is 11.2. The van der Waals surface area contributed by atoms with Gasteiger partial charge in [-0.1, -0.05) is 13.3 Å². The van der Waals surface area contributed by atoms with Crippen LogP contribution in [0.25, 0.3) is 10.2 Å². The monoisotopic (exact) mass is 252 g/mol. The highest BCUT2D eigenvalue weighted by molar-refractivity contribution is 7.99. The number of thiophene rings is 1. The van der Waals surface area contributed by atoms with Gasteiger partial charge in [0.15, 0.2) is 0 Å². The van der Waals surface area contributed by atoms with Crippen LogP contribution in [-0.4, -0.2) is 15.7 Å². The number of hydrogen-bond donors (Lipinski definition) is 0. The lowest BCUT2D eigenvalue weighted by atomic mass is 10.2. The van der Waals surface area contributed by atoms with Gasteiger partial charge >= 0.3 is 0 Å². The molecule has 0 atom stereocenters. The van der Waals surface area contributed by atoms with E-state index in [-0.39, 0.29) is 0 Å². The first-order valence-electron chi connectivity index (χ1n) is 5.57. The maximum atomic E-state index is 4.41. The molecule has 0 radical (unpaired) electrons. The predicted octanol–water partition coefficient (Wildman–Crippen LogP) is 4.20. The molecule has 0 aliphatic heterocycles. The van der Waals surface area contributed by atoms with Crippen LogP contribution in [0.4, 0.5) is 0 Å². The molecule has 0 spiro atoms. The average Bonchev–Trinajstić information content (AvgIpc) is 2.56. The Balaban J connectivity index is 2.36. The molecule has 2 aromatic rings. The molecule has 0 amide bonds. The smallest absolute Gasteiger partial charge is 0.128 e. The van der Waals surface area contributed by atoms with Crippen LogP contribution < -0.4 is 0 Å². The first-order valence-corrected chi connectivity index (χ1v) is 7.37. The maximum Gasteiger partial charge on any atom is 0.128 e. The van der Waals surface area contributed by atoms with Gasteiger partial charge in [-0.05, 0) is 31.6 Å². The van der Waals surface area contributed by atoms with E-state index in [0.29, 0.717) is 0 Å². The molecule has 16 heavy (non-hydrogen) atoms. The van der Waals surface area contributed by atoms with Crippen molar-refractivity contribution in [2.45, 2.75) is 38.6 Å². The fourth-order valence-corrected chi connectivity index (χ4v) is 3.78. The molecular formula is C12H16N2S2. The Labute approximate surface area is 105 Å². The lowest BCUT2D eigenvalue weighted by Crippen LogP contribution is -1.87. The Kier molecular flexibility index (Phi) is 3.82. The predicted molar refractivity (Wildman–Crippen MR) is 72.5 cm³/mol. The molecule has 2 heterocycles. The van der Waals surface area contributed by atoms with Gasteiger partial charge in [0, 0.05) is 10.3 Å². The van der Waals surface area contributed by atoms with Gasteiger partial charge in [0.2, 0.25) is 0 Å². The molecule has 4 heteroatoms. The molecular weight excluding hydrogens is 236 g/mol. The van der Waals surface area contributed by atoms with E-state index in [0.717, 1.165) is 15.6 Å². The van der Waals surface area contributed by atoms with E-state index >= 15 is 0 Å².